The second-order valence-corrected chi connectivity index (χ2v) is 6.39. The predicted molar refractivity (Wildman–Crippen MR) is 91.4 cm³/mol. The van der Waals surface area contributed by atoms with E-state index in [0.29, 0.717) is 0 Å². The lowest BCUT2D eigenvalue weighted by molar-refractivity contribution is -0.121. The van der Waals surface area contributed by atoms with E-state index in [1.807, 2.05) is 0 Å². The molecule has 5 nitrogen and oxygen atoms in total. The molecule has 2 unspecified atom stereocenters. The van der Waals surface area contributed by atoms with E-state index < -0.39 is 11.8 Å². The monoisotopic (exact) mass is 370 g/mol. The Kier molecular flexibility index (Phi) is 5.16. The van der Waals surface area contributed by atoms with Gasteiger partial charge in [-0.05, 0) is 12.1 Å². The molecule has 0 spiro atoms. The molecule has 0 aliphatic carbocycles. The van der Waals surface area contributed by atoms with Crippen molar-refractivity contribution < 1.29 is 25.2 Å². The van der Waals surface area contributed by atoms with Crippen molar-refractivity contribution >= 4 is 29.0 Å². The molecule has 0 saturated carbocycles. The molecule has 4 N–H and O–H groups in total. The van der Waals surface area contributed by atoms with E-state index in [1.54, 1.807) is 13.8 Å². The SMILES string of the molecule is CC(C(=O)C(C)c1cc(Cl)c(O)cc1O)c1cc(Cl)c(O)cc1O. The van der Waals surface area contributed by atoms with Gasteiger partial charge in [-0.25, -0.2) is 0 Å². The molecule has 24 heavy (non-hydrogen) atoms. The Labute approximate surface area is 148 Å². The fourth-order valence-corrected chi connectivity index (χ4v) is 2.85. The number of carbonyl (C=O) groups is 1. The minimum absolute atomic E-state index is 0.0191. The van der Waals surface area contributed by atoms with Crippen molar-refractivity contribution in [3.05, 3.63) is 45.4 Å². The number of halogens is 2. The molecule has 0 aliphatic heterocycles. The highest BCUT2D eigenvalue weighted by atomic mass is 35.5. The van der Waals surface area contributed by atoms with Crippen LogP contribution in [-0.2, 0) is 4.79 Å². The van der Waals surface area contributed by atoms with E-state index in [1.165, 1.54) is 12.1 Å². The van der Waals surface area contributed by atoms with Crippen LogP contribution in [-0.4, -0.2) is 26.2 Å². The summed E-state index contributed by atoms with van der Waals surface area (Å²) in [5.41, 5.74) is 0.526. The lowest BCUT2D eigenvalue weighted by Gasteiger charge is -2.19. The van der Waals surface area contributed by atoms with Crippen molar-refractivity contribution in [2.24, 2.45) is 0 Å². The minimum atomic E-state index is -0.745. The van der Waals surface area contributed by atoms with Crippen LogP contribution in [0.3, 0.4) is 0 Å². The molecule has 0 heterocycles. The van der Waals surface area contributed by atoms with Crippen molar-refractivity contribution in [1.82, 2.24) is 0 Å². The molecule has 0 aliphatic rings. The zero-order chi connectivity index (χ0) is 18.2. The zero-order valence-electron chi connectivity index (χ0n) is 12.9. The van der Waals surface area contributed by atoms with Gasteiger partial charge in [0.2, 0.25) is 0 Å². The lowest BCUT2D eigenvalue weighted by Crippen LogP contribution is -2.17. The first-order chi connectivity index (χ1) is 11.1. The van der Waals surface area contributed by atoms with Gasteiger partial charge < -0.3 is 20.4 Å². The average molecular weight is 371 g/mol. The molecular formula is C17H16Cl2O5. The number of rotatable bonds is 4. The Hall–Kier alpha value is -2.11. The van der Waals surface area contributed by atoms with Crippen molar-refractivity contribution in [2.75, 3.05) is 0 Å². The summed E-state index contributed by atoms with van der Waals surface area (Å²) in [4.78, 5) is 12.7. The summed E-state index contributed by atoms with van der Waals surface area (Å²) < 4.78 is 0. The van der Waals surface area contributed by atoms with Crippen LogP contribution in [0.25, 0.3) is 0 Å². The van der Waals surface area contributed by atoms with Gasteiger partial charge in [-0.3, -0.25) is 4.79 Å². The minimum Gasteiger partial charge on any atom is -0.508 e. The second kappa shape index (κ2) is 6.79. The van der Waals surface area contributed by atoms with Crippen LogP contribution in [0.15, 0.2) is 24.3 Å². The Bertz CT molecular complexity index is 739. The third-order valence-electron chi connectivity index (χ3n) is 3.98. The molecule has 0 amide bonds. The van der Waals surface area contributed by atoms with Gasteiger partial charge in [-0.15, -0.1) is 0 Å². The van der Waals surface area contributed by atoms with Crippen LogP contribution in [0.1, 0.15) is 36.8 Å². The quantitative estimate of drug-likeness (QED) is 0.643. The third kappa shape index (κ3) is 3.37. The smallest absolute Gasteiger partial charge is 0.147 e. The van der Waals surface area contributed by atoms with Gasteiger partial charge in [-0.2, -0.15) is 0 Å². The highest BCUT2D eigenvalue weighted by molar-refractivity contribution is 6.32. The van der Waals surface area contributed by atoms with Gasteiger partial charge in [0.25, 0.3) is 0 Å². The van der Waals surface area contributed by atoms with Gasteiger partial charge >= 0.3 is 0 Å². The van der Waals surface area contributed by atoms with E-state index in [0.717, 1.165) is 12.1 Å². The maximum Gasteiger partial charge on any atom is 0.147 e. The van der Waals surface area contributed by atoms with Crippen LogP contribution in [0.5, 0.6) is 23.0 Å². The summed E-state index contributed by atoms with van der Waals surface area (Å²) in [6.07, 6.45) is 0. The van der Waals surface area contributed by atoms with Crippen LogP contribution in [0.2, 0.25) is 10.0 Å². The summed E-state index contributed by atoms with van der Waals surface area (Å²) in [7, 11) is 0. The van der Waals surface area contributed by atoms with Crippen molar-refractivity contribution in [3.8, 4) is 23.0 Å². The molecule has 128 valence electrons. The number of ketones is 1. The molecule has 0 fully saturated rings. The third-order valence-corrected chi connectivity index (χ3v) is 4.58. The molecular weight excluding hydrogens is 355 g/mol. The van der Waals surface area contributed by atoms with E-state index in [-0.39, 0.29) is 50.0 Å². The molecule has 7 heteroatoms. The zero-order valence-corrected chi connectivity index (χ0v) is 14.4. The number of hydrogen-bond donors (Lipinski definition) is 4. The lowest BCUT2D eigenvalue weighted by atomic mass is 9.85. The molecule has 0 bridgehead atoms. The largest absolute Gasteiger partial charge is 0.508 e. The predicted octanol–water partition coefficient (Wildman–Crippen LogP) is 4.29. The summed E-state index contributed by atoms with van der Waals surface area (Å²) in [5, 5.41) is 38.9. The van der Waals surface area contributed by atoms with E-state index >= 15 is 0 Å². The normalized spacial score (nSPS) is 13.5. The second-order valence-electron chi connectivity index (χ2n) is 5.57. The van der Waals surface area contributed by atoms with E-state index in [2.05, 4.69) is 0 Å². The van der Waals surface area contributed by atoms with E-state index in [9.17, 15) is 25.2 Å². The Balaban J connectivity index is 2.38. The van der Waals surface area contributed by atoms with Crippen molar-refractivity contribution in [3.63, 3.8) is 0 Å². The summed E-state index contributed by atoms with van der Waals surface area (Å²) in [5.74, 6) is -2.86. The number of Topliss-reactive ketones (excluding diaryl/α,β-unsaturated/α-hetero) is 1. The van der Waals surface area contributed by atoms with Gasteiger partial charge in [0.15, 0.2) is 0 Å². The highest BCUT2D eigenvalue weighted by Gasteiger charge is 2.27. The number of hydrogen-bond acceptors (Lipinski definition) is 5. The number of aromatic hydroxyl groups is 4. The summed E-state index contributed by atoms with van der Waals surface area (Å²) in [6, 6.07) is 4.79. The highest BCUT2D eigenvalue weighted by Crippen LogP contribution is 2.40. The maximum absolute atomic E-state index is 12.7. The molecule has 2 aromatic rings. The van der Waals surface area contributed by atoms with Gasteiger partial charge in [-0.1, -0.05) is 37.0 Å². The van der Waals surface area contributed by atoms with Crippen LogP contribution >= 0.6 is 23.2 Å². The van der Waals surface area contributed by atoms with E-state index in [4.69, 9.17) is 23.2 Å². The standard InChI is InChI=1S/C17H16Cl2O5/c1-7(9-3-11(18)15(22)5-13(9)20)17(24)8(2)10-4-12(19)16(23)6-14(10)21/h3-8,20-23H,1-2H3. The number of carbonyl (C=O) groups excluding carboxylic acids is 1. The topological polar surface area (TPSA) is 98.0 Å². The van der Waals surface area contributed by atoms with Crippen molar-refractivity contribution in [2.45, 2.75) is 25.7 Å². The Morgan fingerprint density at radius 2 is 1.08 bits per heavy atom. The number of benzene rings is 2. The van der Waals surface area contributed by atoms with Crippen molar-refractivity contribution in [1.29, 1.82) is 0 Å². The Morgan fingerprint density at radius 3 is 1.42 bits per heavy atom. The fraction of sp³-hybridized carbons (Fsp3) is 0.235. The number of phenolic OH excluding ortho intramolecular Hbond substituents is 4. The first-order valence-electron chi connectivity index (χ1n) is 7.10. The van der Waals surface area contributed by atoms with Gasteiger partial charge in [0.1, 0.15) is 28.8 Å². The van der Waals surface area contributed by atoms with Crippen LogP contribution in [0, 0.1) is 0 Å². The fourth-order valence-electron chi connectivity index (χ4n) is 2.51. The molecule has 2 rings (SSSR count). The van der Waals surface area contributed by atoms with Crippen LogP contribution < -0.4 is 0 Å². The van der Waals surface area contributed by atoms with Gasteiger partial charge in [0.05, 0.1) is 10.0 Å². The molecule has 0 aromatic heterocycles. The molecule has 0 saturated heterocycles. The summed E-state index contributed by atoms with van der Waals surface area (Å²) in [6.45, 7) is 3.17. The Morgan fingerprint density at radius 1 is 0.750 bits per heavy atom. The molecule has 2 atom stereocenters. The average Bonchev–Trinajstić information content (AvgIpc) is 2.52. The molecule has 2 aromatic carbocycles. The molecule has 0 radical (unpaired) electrons. The maximum atomic E-state index is 12.7. The van der Waals surface area contributed by atoms with Crippen LogP contribution in [0.4, 0.5) is 0 Å². The first-order valence-corrected chi connectivity index (χ1v) is 7.85. The first kappa shape index (κ1) is 18.2. The number of phenols is 4. The summed E-state index contributed by atoms with van der Waals surface area (Å²) >= 11 is 11.7. The van der Waals surface area contributed by atoms with Gasteiger partial charge in [0, 0.05) is 35.1 Å².